The second kappa shape index (κ2) is 7.29. The molecule has 0 saturated carbocycles. The first-order valence-corrected chi connectivity index (χ1v) is 9.34. The van der Waals surface area contributed by atoms with Crippen LogP contribution >= 0.6 is 0 Å². The third-order valence-electron chi connectivity index (χ3n) is 4.91. The van der Waals surface area contributed by atoms with E-state index in [0.29, 0.717) is 6.54 Å². The van der Waals surface area contributed by atoms with Crippen molar-refractivity contribution in [1.29, 1.82) is 0 Å². The second-order valence-electron chi connectivity index (χ2n) is 6.85. The van der Waals surface area contributed by atoms with Crippen LogP contribution in [0.1, 0.15) is 22.9 Å². The van der Waals surface area contributed by atoms with Crippen LogP contribution in [-0.4, -0.2) is 29.4 Å². The van der Waals surface area contributed by atoms with Crippen molar-refractivity contribution in [2.24, 2.45) is 5.73 Å². The Kier molecular flexibility index (Phi) is 4.34. The molecule has 1 aromatic carbocycles. The molecule has 7 nitrogen and oxygen atoms in total. The maximum Gasteiger partial charge on any atom is 0.163 e. The van der Waals surface area contributed by atoms with E-state index in [9.17, 15) is 0 Å². The highest BCUT2D eigenvalue weighted by Crippen LogP contribution is 2.25. The van der Waals surface area contributed by atoms with Gasteiger partial charge in [0.25, 0.3) is 0 Å². The summed E-state index contributed by atoms with van der Waals surface area (Å²) in [6, 6.07) is 15.6. The van der Waals surface area contributed by atoms with Crippen molar-refractivity contribution in [1.82, 2.24) is 29.4 Å². The van der Waals surface area contributed by atoms with Crippen LogP contribution in [-0.2, 0) is 6.54 Å². The van der Waals surface area contributed by atoms with E-state index in [4.69, 9.17) is 10.7 Å². The van der Waals surface area contributed by atoms with E-state index in [1.54, 1.807) is 16.9 Å². The van der Waals surface area contributed by atoms with Gasteiger partial charge in [-0.05, 0) is 29.3 Å². The molecular weight excluding hydrogens is 362 g/mol. The van der Waals surface area contributed by atoms with Crippen LogP contribution in [0.3, 0.4) is 0 Å². The molecule has 29 heavy (non-hydrogen) atoms. The molecule has 4 heterocycles. The fourth-order valence-electron chi connectivity index (χ4n) is 3.36. The van der Waals surface area contributed by atoms with Crippen LogP contribution in [0.2, 0.25) is 0 Å². The third-order valence-corrected chi connectivity index (χ3v) is 4.91. The molecule has 0 fully saturated rings. The molecular formula is C22H19N7. The van der Waals surface area contributed by atoms with E-state index in [-0.39, 0.29) is 6.04 Å². The number of rotatable bonds is 5. The van der Waals surface area contributed by atoms with Gasteiger partial charge in [-0.15, -0.1) is 0 Å². The Hall–Kier alpha value is -3.84. The highest BCUT2D eigenvalue weighted by atomic mass is 15.3. The van der Waals surface area contributed by atoms with Gasteiger partial charge in [-0.3, -0.25) is 9.67 Å². The van der Waals surface area contributed by atoms with Crippen LogP contribution in [0.4, 0.5) is 0 Å². The fraction of sp³-hybridized carbons (Fsp3) is 0.0909. The van der Waals surface area contributed by atoms with E-state index in [0.717, 1.165) is 28.0 Å². The first-order valence-electron chi connectivity index (χ1n) is 9.34. The van der Waals surface area contributed by atoms with Gasteiger partial charge in [0.05, 0.1) is 30.7 Å². The third kappa shape index (κ3) is 3.39. The van der Waals surface area contributed by atoms with Gasteiger partial charge in [-0.25, -0.2) is 9.50 Å². The summed E-state index contributed by atoms with van der Waals surface area (Å²) in [6.45, 7) is 0.714. The molecule has 0 bridgehead atoms. The predicted octanol–water partition coefficient (Wildman–Crippen LogP) is 3.08. The van der Waals surface area contributed by atoms with Crippen molar-refractivity contribution in [2.75, 3.05) is 0 Å². The van der Waals surface area contributed by atoms with Crippen LogP contribution in [0.15, 0.2) is 85.7 Å². The number of benzene rings is 1. The summed E-state index contributed by atoms with van der Waals surface area (Å²) < 4.78 is 3.67. The zero-order valence-corrected chi connectivity index (χ0v) is 15.6. The molecule has 0 saturated heterocycles. The quantitative estimate of drug-likeness (QED) is 0.505. The SMILES string of the molecule is NC(c1ccncc1)c1ccn2ncc(-c3cnn(Cc4ccccc4)c3)c2n1. The molecule has 0 amide bonds. The highest BCUT2D eigenvalue weighted by Gasteiger charge is 2.15. The lowest BCUT2D eigenvalue weighted by atomic mass is 10.1. The van der Waals surface area contributed by atoms with Gasteiger partial charge in [0.15, 0.2) is 5.65 Å². The Morgan fingerprint density at radius 3 is 2.59 bits per heavy atom. The summed E-state index contributed by atoms with van der Waals surface area (Å²) in [4.78, 5) is 8.85. The van der Waals surface area contributed by atoms with Gasteiger partial charge in [0.2, 0.25) is 0 Å². The lowest BCUT2D eigenvalue weighted by Gasteiger charge is -2.11. The van der Waals surface area contributed by atoms with Crippen molar-refractivity contribution in [2.45, 2.75) is 12.6 Å². The molecule has 5 aromatic rings. The van der Waals surface area contributed by atoms with Gasteiger partial charge in [-0.1, -0.05) is 30.3 Å². The van der Waals surface area contributed by atoms with E-state index >= 15 is 0 Å². The number of nitrogens with zero attached hydrogens (tertiary/aromatic N) is 6. The maximum absolute atomic E-state index is 6.42. The van der Waals surface area contributed by atoms with Crippen molar-refractivity contribution >= 4 is 5.65 Å². The summed E-state index contributed by atoms with van der Waals surface area (Å²) in [5, 5.41) is 8.93. The smallest absolute Gasteiger partial charge is 0.163 e. The number of nitrogens with two attached hydrogens (primary N) is 1. The minimum Gasteiger partial charge on any atom is -0.319 e. The lowest BCUT2D eigenvalue weighted by Crippen LogP contribution is -2.14. The minimum atomic E-state index is -0.327. The van der Waals surface area contributed by atoms with Crippen LogP contribution in [0.5, 0.6) is 0 Å². The summed E-state index contributed by atoms with van der Waals surface area (Å²) in [5.41, 5.74) is 12.0. The molecule has 2 N–H and O–H groups in total. The summed E-state index contributed by atoms with van der Waals surface area (Å²) in [5.74, 6) is 0. The number of fused-ring (bicyclic) bond motifs is 1. The van der Waals surface area contributed by atoms with Gasteiger partial charge in [0.1, 0.15) is 0 Å². The van der Waals surface area contributed by atoms with Gasteiger partial charge in [-0.2, -0.15) is 10.2 Å². The highest BCUT2D eigenvalue weighted by molar-refractivity contribution is 5.76. The average Bonchev–Trinajstić information content (AvgIpc) is 3.41. The lowest BCUT2D eigenvalue weighted by molar-refractivity contribution is 0.687. The fourth-order valence-corrected chi connectivity index (χ4v) is 3.36. The largest absolute Gasteiger partial charge is 0.319 e. The topological polar surface area (TPSA) is 86.9 Å². The minimum absolute atomic E-state index is 0.327. The van der Waals surface area contributed by atoms with E-state index in [1.165, 1.54) is 5.56 Å². The molecule has 4 aromatic heterocycles. The normalized spacial score (nSPS) is 12.3. The molecule has 0 radical (unpaired) electrons. The zero-order valence-electron chi connectivity index (χ0n) is 15.6. The number of pyridine rings is 1. The average molecular weight is 381 g/mol. The van der Waals surface area contributed by atoms with Crippen LogP contribution in [0, 0.1) is 0 Å². The van der Waals surface area contributed by atoms with Gasteiger partial charge >= 0.3 is 0 Å². The van der Waals surface area contributed by atoms with Crippen LogP contribution in [0.25, 0.3) is 16.8 Å². The maximum atomic E-state index is 6.42. The van der Waals surface area contributed by atoms with E-state index < -0.39 is 0 Å². The van der Waals surface area contributed by atoms with Crippen molar-refractivity contribution in [3.8, 4) is 11.1 Å². The molecule has 7 heteroatoms. The molecule has 1 unspecified atom stereocenters. The molecule has 0 aliphatic carbocycles. The molecule has 142 valence electrons. The first-order chi connectivity index (χ1) is 14.3. The Morgan fingerprint density at radius 1 is 0.931 bits per heavy atom. The van der Waals surface area contributed by atoms with Crippen molar-refractivity contribution < 1.29 is 0 Å². The number of hydrogen-bond donors (Lipinski definition) is 1. The first kappa shape index (κ1) is 17.3. The Morgan fingerprint density at radius 2 is 1.76 bits per heavy atom. The van der Waals surface area contributed by atoms with E-state index in [1.807, 2.05) is 65.9 Å². The van der Waals surface area contributed by atoms with E-state index in [2.05, 4.69) is 27.3 Å². The Bertz CT molecular complexity index is 1240. The van der Waals surface area contributed by atoms with Crippen molar-refractivity contribution in [3.63, 3.8) is 0 Å². The van der Waals surface area contributed by atoms with Gasteiger partial charge in [0, 0.05) is 35.9 Å². The molecule has 1 atom stereocenters. The van der Waals surface area contributed by atoms with Gasteiger partial charge < -0.3 is 5.73 Å². The zero-order chi connectivity index (χ0) is 19.6. The number of aromatic nitrogens is 6. The Balaban J connectivity index is 1.48. The molecule has 0 spiro atoms. The number of hydrogen-bond acceptors (Lipinski definition) is 5. The summed E-state index contributed by atoms with van der Waals surface area (Å²) >= 11 is 0. The second-order valence-corrected chi connectivity index (χ2v) is 6.85. The predicted molar refractivity (Wildman–Crippen MR) is 110 cm³/mol. The van der Waals surface area contributed by atoms with Crippen LogP contribution < -0.4 is 5.73 Å². The summed E-state index contributed by atoms with van der Waals surface area (Å²) in [6.07, 6.45) is 11.0. The molecule has 5 rings (SSSR count). The molecule has 0 aliphatic rings. The Labute approximate surface area is 167 Å². The van der Waals surface area contributed by atoms with Crippen molar-refractivity contribution in [3.05, 3.63) is 103 Å². The monoisotopic (exact) mass is 381 g/mol. The summed E-state index contributed by atoms with van der Waals surface area (Å²) in [7, 11) is 0. The standard InChI is InChI=1S/C22H19N7/c23-21(17-6-9-24-10-7-17)20-8-11-29-22(27-20)19(13-26-29)18-12-25-28(15-18)14-16-4-2-1-3-5-16/h1-13,15,21H,14,23H2. The molecule has 0 aliphatic heterocycles.